The Morgan fingerprint density at radius 2 is 1.00 bits per heavy atom. The Hall–Kier alpha value is -6.38. The molecule has 2 nitrogen and oxygen atoms in total. The molecule has 7 rings (SSSR count). The van der Waals surface area contributed by atoms with Gasteiger partial charge in [-0.2, -0.15) is 0 Å². The zero-order valence-corrected chi connectivity index (χ0v) is 30.1. The SMILES string of the molecule is C=C(N=C(N=C(C)c1ccccc1)c1cccc(C)c1-c1cccc(-c2cc(-c3ccccc3)cc(-c3ccccc3)c2)c1CC)c1ccccc1. The lowest BCUT2D eigenvalue weighted by atomic mass is 9.85. The predicted molar refractivity (Wildman–Crippen MR) is 223 cm³/mol. The first kappa shape index (κ1) is 34.1. The second-order valence-electron chi connectivity index (χ2n) is 13.0. The molecule has 0 bridgehead atoms. The molecule has 0 saturated heterocycles. The summed E-state index contributed by atoms with van der Waals surface area (Å²) in [5.74, 6) is 0.638. The summed E-state index contributed by atoms with van der Waals surface area (Å²) in [6, 6.07) is 61.9. The maximum atomic E-state index is 5.24. The minimum Gasteiger partial charge on any atom is -0.233 e. The van der Waals surface area contributed by atoms with E-state index in [0.717, 1.165) is 39.9 Å². The maximum absolute atomic E-state index is 5.24. The average molecular weight is 671 g/mol. The first-order valence-electron chi connectivity index (χ1n) is 17.9. The number of rotatable bonds is 9. The smallest absolute Gasteiger partial charge is 0.160 e. The fourth-order valence-corrected chi connectivity index (χ4v) is 6.93. The van der Waals surface area contributed by atoms with Crippen molar-refractivity contribution in [2.75, 3.05) is 0 Å². The van der Waals surface area contributed by atoms with Crippen molar-refractivity contribution >= 4 is 17.2 Å². The van der Waals surface area contributed by atoms with Crippen LogP contribution in [0.25, 0.3) is 50.2 Å². The standard InChI is InChI=1S/C50H42N2/c1-5-45-46(44-33-42(40-25-14-8-15-26-40)32-43(34-44)41-27-16-9-17-28-41)29-19-30-47(45)49-35(2)20-18-31-48(49)50(51-36(3)38-21-10-6-11-22-38)52-37(4)39-23-12-7-13-24-39/h6-34H,3,5H2,1-2,4H3. The van der Waals surface area contributed by atoms with Crippen molar-refractivity contribution in [3.63, 3.8) is 0 Å². The summed E-state index contributed by atoms with van der Waals surface area (Å²) in [7, 11) is 0. The van der Waals surface area contributed by atoms with Crippen LogP contribution in [-0.2, 0) is 6.42 Å². The monoisotopic (exact) mass is 670 g/mol. The minimum atomic E-state index is 0.638. The molecule has 0 saturated carbocycles. The Labute approximate surface area is 308 Å². The average Bonchev–Trinajstić information content (AvgIpc) is 3.21. The van der Waals surface area contributed by atoms with Gasteiger partial charge in [-0.25, -0.2) is 9.98 Å². The third-order valence-corrected chi connectivity index (χ3v) is 9.58. The number of aliphatic imine (C=N–C) groups is 2. The highest BCUT2D eigenvalue weighted by Crippen LogP contribution is 2.40. The van der Waals surface area contributed by atoms with E-state index in [2.05, 4.69) is 148 Å². The molecule has 52 heavy (non-hydrogen) atoms. The Balaban J connectivity index is 1.43. The number of benzene rings is 7. The second-order valence-corrected chi connectivity index (χ2v) is 13.0. The largest absolute Gasteiger partial charge is 0.233 e. The highest BCUT2D eigenvalue weighted by Gasteiger charge is 2.20. The van der Waals surface area contributed by atoms with Crippen LogP contribution in [0.2, 0.25) is 0 Å². The summed E-state index contributed by atoms with van der Waals surface area (Å²) in [6.45, 7) is 10.9. The first-order valence-corrected chi connectivity index (χ1v) is 17.9. The van der Waals surface area contributed by atoms with Crippen molar-refractivity contribution in [1.82, 2.24) is 0 Å². The van der Waals surface area contributed by atoms with Crippen molar-refractivity contribution in [2.45, 2.75) is 27.2 Å². The topological polar surface area (TPSA) is 24.7 Å². The van der Waals surface area contributed by atoms with Crippen molar-refractivity contribution < 1.29 is 0 Å². The van der Waals surface area contributed by atoms with Crippen molar-refractivity contribution in [3.05, 3.63) is 210 Å². The Morgan fingerprint density at radius 1 is 0.500 bits per heavy atom. The van der Waals surface area contributed by atoms with E-state index >= 15 is 0 Å². The van der Waals surface area contributed by atoms with Crippen molar-refractivity contribution in [1.29, 1.82) is 0 Å². The molecule has 0 unspecified atom stereocenters. The molecule has 0 aliphatic rings. The minimum absolute atomic E-state index is 0.638. The van der Waals surface area contributed by atoms with Gasteiger partial charge in [-0.3, -0.25) is 0 Å². The van der Waals surface area contributed by atoms with Gasteiger partial charge in [0.2, 0.25) is 0 Å². The highest BCUT2D eigenvalue weighted by molar-refractivity contribution is 6.15. The molecule has 0 amide bonds. The molecular weight excluding hydrogens is 629 g/mol. The van der Waals surface area contributed by atoms with E-state index in [4.69, 9.17) is 9.98 Å². The third-order valence-electron chi connectivity index (χ3n) is 9.58. The van der Waals surface area contributed by atoms with E-state index in [1.807, 2.05) is 55.5 Å². The normalized spacial score (nSPS) is 11.8. The predicted octanol–water partition coefficient (Wildman–Crippen LogP) is 13.2. The number of aryl methyl sites for hydroxylation is 1. The maximum Gasteiger partial charge on any atom is 0.160 e. The fourth-order valence-electron chi connectivity index (χ4n) is 6.93. The summed E-state index contributed by atoms with van der Waals surface area (Å²) in [5, 5.41) is 0. The van der Waals surface area contributed by atoms with Crippen LogP contribution in [0.4, 0.5) is 0 Å². The Morgan fingerprint density at radius 3 is 1.58 bits per heavy atom. The van der Waals surface area contributed by atoms with Gasteiger partial charge in [0.1, 0.15) is 0 Å². The summed E-state index contributed by atoms with van der Waals surface area (Å²) in [5.41, 5.74) is 16.5. The van der Waals surface area contributed by atoms with Gasteiger partial charge in [0.05, 0.1) is 5.70 Å². The molecule has 0 aromatic heterocycles. The van der Waals surface area contributed by atoms with Gasteiger partial charge in [-0.1, -0.05) is 171 Å². The van der Waals surface area contributed by atoms with E-state index in [0.29, 0.717) is 11.5 Å². The van der Waals surface area contributed by atoms with E-state index in [1.165, 1.54) is 44.5 Å². The summed E-state index contributed by atoms with van der Waals surface area (Å²) in [4.78, 5) is 10.4. The van der Waals surface area contributed by atoms with Gasteiger partial charge in [0.15, 0.2) is 5.84 Å². The molecule has 252 valence electrons. The first-order chi connectivity index (χ1) is 25.5. The van der Waals surface area contributed by atoms with Crippen LogP contribution >= 0.6 is 0 Å². The zero-order chi connectivity index (χ0) is 35.9. The molecule has 0 heterocycles. The third kappa shape index (κ3) is 7.38. The second kappa shape index (κ2) is 15.7. The summed E-state index contributed by atoms with van der Waals surface area (Å²) >= 11 is 0. The van der Waals surface area contributed by atoms with Crippen LogP contribution in [0.1, 0.15) is 41.7 Å². The lowest BCUT2D eigenvalue weighted by molar-refractivity contribution is 1.14. The van der Waals surface area contributed by atoms with Gasteiger partial charge < -0.3 is 0 Å². The van der Waals surface area contributed by atoms with Gasteiger partial charge in [-0.15, -0.1) is 0 Å². The fraction of sp³-hybridized carbons (Fsp3) is 0.0800. The van der Waals surface area contributed by atoms with Crippen LogP contribution in [-0.4, -0.2) is 11.5 Å². The van der Waals surface area contributed by atoms with Crippen molar-refractivity contribution in [2.24, 2.45) is 9.98 Å². The van der Waals surface area contributed by atoms with Gasteiger partial charge >= 0.3 is 0 Å². The van der Waals surface area contributed by atoms with Gasteiger partial charge in [0, 0.05) is 11.3 Å². The van der Waals surface area contributed by atoms with E-state index in [9.17, 15) is 0 Å². The van der Waals surface area contributed by atoms with Crippen molar-refractivity contribution in [3.8, 4) is 44.5 Å². The molecular formula is C50H42N2. The van der Waals surface area contributed by atoms with Crippen LogP contribution in [0.15, 0.2) is 192 Å². The Kier molecular flexibility index (Phi) is 10.3. The van der Waals surface area contributed by atoms with Crippen LogP contribution in [0.5, 0.6) is 0 Å². The molecule has 7 aromatic rings. The van der Waals surface area contributed by atoms with E-state index in [-0.39, 0.29) is 0 Å². The van der Waals surface area contributed by atoms with E-state index < -0.39 is 0 Å². The van der Waals surface area contributed by atoms with Crippen LogP contribution < -0.4 is 0 Å². The molecule has 7 aromatic carbocycles. The number of hydrogen-bond acceptors (Lipinski definition) is 1. The number of hydrogen-bond donors (Lipinski definition) is 0. The Bertz CT molecular complexity index is 2330. The van der Waals surface area contributed by atoms with Crippen LogP contribution in [0, 0.1) is 6.92 Å². The van der Waals surface area contributed by atoms with Crippen LogP contribution in [0.3, 0.4) is 0 Å². The molecule has 0 aliphatic carbocycles. The highest BCUT2D eigenvalue weighted by atomic mass is 14.9. The molecule has 0 radical (unpaired) electrons. The molecule has 0 fully saturated rings. The lowest BCUT2D eigenvalue weighted by Crippen LogP contribution is -2.08. The number of nitrogens with zero attached hydrogens (tertiary/aromatic N) is 2. The molecule has 0 aliphatic heterocycles. The van der Waals surface area contributed by atoms with E-state index in [1.54, 1.807) is 0 Å². The lowest BCUT2D eigenvalue weighted by Gasteiger charge is -2.20. The molecule has 0 spiro atoms. The summed E-state index contributed by atoms with van der Waals surface area (Å²) in [6.07, 6.45) is 0.852. The molecule has 0 atom stereocenters. The zero-order valence-electron chi connectivity index (χ0n) is 30.1. The van der Waals surface area contributed by atoms with Gasteiger partial charge in [0.25, 0.3) is 0 Å². The summed E-state index contributed by atoms with van der Waals surface area (Å²) < 4.78 is 0. The van der Waals surface area contributed by atoms with Gasteiger partial charge in [-0.05, 0) is 105 Å². The molecule has 0 N–H and O–H groups in total. The quantitative estimate of drug-likeness (QED) is 0.108. The molecule has 2 heteroatoms. The number of amidine groups is 1.